The van der Waals surface area contributed by atoms with Crippen LogP contribution in [-0.2, 0) is 0 Å². The van der Waals surface area contributed by atoms with Crippen LogP contribution in [-0.4, -0.2) is 9.97 Å². The Labute approximate surface area is 184 Å². The molecule has 0 saturated carbocycles. The van der Waals surface area contributed by atoms with Gasteiger partial charge in [0, 0.05) is 51.3 Å². The molecule has 0 atom stereocenters. The highest BCUT2D eigenvalue weighted by molar-refractivity contribution is 7.13. The summed E-state index contributed by atoms with van der Waals surface area (Å²) in [7, 11) is 0. The summed E-state index contributed by atoms with van der Waals surface area (Å²) < 4.78 is 0. The van der Waals surface area contributed by atoms with Crippen molar-refractivity contribution >= 4 is 39.7 Å². The van der Waals surface area contributed by atoms with Gasteiger partial charge in [-0.05, 0) is 42.8 Å². The van der Waals surface area contributed by atoms with Crippen LogP contribution in [0.5, 0.6) is 0 Å². The first-order valence-corrected chi connectivity index (χ1v) is 11.4. The maximum atomic E-state index is 4.53. The van der Waals surface area contributed by atoms with Crippen molar-refractivity contribution in [3.05, 3.63) is 102 Å². The van der Waals surface area contributed by atoms with Crippen LogP contribution in [0.25, 0.3) is 21.1 Å². The summed E-state index contributed by atoms with van der Waals surface area (Å²) in [6.45, 7) is 2.17. The van der Waals surface area contributed by atoms with Crippen LogP contribution in [0, 0.1) is 6.92 Å². The second-order valence-corrected chi connectivity index (χ2v) is 8.63. The summed E-state index contributed by atoms with van der Waals surface area (Å²) in [4.78, 5) is 11.3. The summed E-state index contributed by atoms with van der Waals surface area (Å²) >= 11 is 3.32. The molecule has 5 heteroatoms. The van der Waals surface area contributed by atoms with Crippen molar-refractivity contribution in [3.63, 3.8) is 0 Å². The monoisotopic (exact) mass is 425 g/mol. The van der Waals surface area contributed by atoms with E-state index in [2.05, 4.69) is 88.5 Å². The molecule has 0 unspecified atom stereocenters. The number of rotatable bonds is 5. The molecule has 2 heterocycles. The predicted octanol–water partition coefficient (Wildman–Crippen LogP) is 7.71. The van der Waals surface area contributed by atoms with Gasteiger partial charge in [-0.1, -0.05) is 42.5 Å². The summed E-state index contributed by atoms with van der Waals surface area (Å²) in [6, 6.07) is 25.5. The summed E-state index contributed by atoms with van der Waals surface area (Å²) in [6.07, 6.45) is 3.71. The Hall–Kier alpha value is -3.28. The molecule has 0 fully saturated rings. The van der Waals surface area contributed by atoms with E-state index in [-0.39, 0.29) is 0 Å². The first-order chi connectivity index (χ1) is 14.8. The zero-order valence-electron chi connectivity index (χ0n) is 16.4. The van der Waals surface area contributed by atoms with Gasteiger partial charge in [0.1, 0.15) is 10.0 Å². The van der Waals surface area contributed by atoms with Gasteiger partial charge in [-0.2, -0.15) is 0 Å². The van der Waals surface area contributed by atoms with E-state index in [9.17, 15) is 0 Å². The van der Waals surface area contributed by atoms with Crippen LogP contribution >= 0.6 is 22.7 Å². The summed E-state index contributed by atoms with van der Waals surface area (Å²) in [5.74, 6) is 0. The minimum atomic E-state index is 1.03. The third-order valence-electron chi connectivity index (χ3n) is 5.01. The fourth-order valence-electron chi connectivity index (χ4n) is 3.60. The van der Waals surface area contributed by atoms with Crippen molar-refractivity contribution in [2.24, 2.45) is 0 Å². The van der Waals surface area contributed by atoms with Crippen LogP contribution in [0.1, 0.15) is 5.56 Å². The van der Waals surface area contributed by atoms with E-state index in [0.717, 1.165) is 32.6 Å². The number of hydrogen-bond donors (Lipinski definition) is 0. The lowest BCUT2D eigenvalue weighted by Crippen LogP contribution is -2.11. The van der Waals surface area contributed by atoms with E-state index in [4.69, 9.17) is 0 Å². The highest BCUT2D eigenvalue weighted by Gasteiger charge is 2.18. The lowest BCUT2D eigenvalue weighted by atomic mass is 10.0. The Balaban J connectivity index is 1.69. The zero-order chi connectivity index (χ0) is 20.3. The number of para-hydroxylation sites is 1. The molecule has 0 aliphatic carbocycles. The van der Waals surface area contributed by atoms with Gasteiger partial charge in [0.2, 0.25) is 0 Å². The lowest BCUT2D eigenvalue weighted by Gasteiger charge is -2.28. The smallest absolute Gasteiger partial charge is 0.123 e. The summed E-state index contributed by atoms with van der Waals surface area (Å²) in [5, 5.41) is 6.10. The fourth-order valence-corrected chi connectivity index (χ4v) is 4.96. The van der Waals surface area contributed by atoms with E-state index in [1.807, 2.05) is 29.2 Å². The van der Waals surface area contributed by atoms with Gasteiger partial charge >= 0.3 is 0 Å². The first kappa shape index (κ1) is 18.7. The predicted molar refractivity (Wildman–Crippen MR) is 128 cm³/mol. The highest BCUT2D eigenvalue weighted by atomic mass is 32.1. The van der Waals surface area contributed by atoms with Crippen LogP contribution in [0.2, 0.25) is 0 Å². The molecule has 0 aliphatic heterocycles. The van der Waals surface area contributed by atoms with Crippen molar-refractivity contribution in [1.82, 2.24) is 9.97 Å². The molecule has 5 aromatic rings. The minimum Gasteiger partial charge on any atom is -0.310 e. The molecule has 146 valence electrons. The standard InChI is InChI=1S/C25H19N3S2/c1-18-22(25-27-14-16-30-25)11-6-12-23(18)28(20-8-3-2-4-9-20)21-10-5-7-19(17-21)24-26-13-15-29-24/h2-17H,1H3. The molecule has 0 aliphatic rings. The molecule has 5 rings (SSSR count). The second-order valence-electron chi connectivity index (χ2n) is 6.85. The quantitative estimate of drug-likeness (QED) is 0.289. The number of hydrogen-bond acceptors (Lipinski definition) is 5. The third kappa shape index (κ3) is 3.54. The van der Waals surface area contributed by atoms with Gasteiger partial charge in [0.05, 0.1) is 0 Å². The van der Waals surface area contributed by atoms with E-state index >= 15 is 0 Å². The SMILES string of the molecule is Cc1c(-c2nccs2)cccc1N(c1ccccc1)c1cccc(-c2nccs2)c1. The molecule has 0 N–H and O–H groups in total. The first-order valence-electron chi connectivity index (χ1n) is 9.66. The van der Waals surface area contributed by atoms with Crippen molar-refractivity contribution < 1.29 is 0 Å². The number of anilines is 3. The van der Waals surface area contributed by atoms with E-state index in [1.165, 1.54) is 11.1 Å². The molecule has 0 bridgehead atoms. The molecule has 0 spiro atoms. The number of nitrogens with zero attached hydrogens (tertiary/aromatic N) is 3. The Kier molecular flexibility index (Phi) is 5.13. The average Bonchev–Trinajstić information content (AvgIpc) is 3.51. The Morgan fingerprint density at radius 1 is 0.700 bits per heavy atom. The topological polar surface area (TPSA) is 29.0 Å². The van der Waals surface area contributed by atoms with Gasteiger partial charge in [-0.25, -0.2) is 9.97 Å². The van der Waals surface area contributed by atoms with Crippen molar-refractivity contribution in [2.45, 2.75) is 6.92 Å². The van der Waals surface area contributed by atoms with E-state index in [0.29, 0.717) is 0 Å². The maximum Gasteiger partial charge on any atom is 0.123 e. The minimum absolute atomic E-state index is 1.03. The molecule has 3 nitrogen and oxygen atoms in total. The Morgan fingerprint density at radius 3 is 2.13 bits per heavy atom. The van der Waals surface area contributed by atoms with Crippen molar-refractivity contribution in [3.8, 4) is 21.1 Å². The lowest BCUT2D eigenvalue weighted by molar-refractivity contribution is 1.25. The molecular formula is C25H19N3S2. The van der Waals surface area contributed by atoms with Crippen LogP contribution in [0.15, 0.2) is 96.0 Å². The normalized spacial score (nSPS) is 10.8. The van der Waals surface area contributed by atoms with Gasteiger partial charge in [-0.15, -0.1) is 22.7 Å². The Morgan fingerprint density at radius 2 is 1.40 bits per heavy atom. The highest BCUT2D eigenvalue weighted by Crippen LogP contribution is 2.41. The zero-order valence-corrected chi connectivity index (χ0v) is 18.0. The number of benzene rings is 3. The van der Waals surface area contributed by atoms with E-state index < -0.39 is 0 Å². The molecule has 0 radical (unpaired) electrons. The van der Waals surface area contributed by atoms with Gasteiger partial charge < -0.3 is 4.90 Å². The molecule has 0 saturated heterocycles. The molecule has 3 aromatic carbocycles. The van der Waals surface area contributed by atoms with Gasteiger partial charge in [-0.3, -0.25) is 0 Å². The van der Waals surface area contributed by atoms with Crippen LogP contribution in [0.3, 0.4) is 0 Å². The molecule has 0 amide bonds. The average molecular weight is 426 g/mol. The fraction of sp³-hybridized carbons (Fsp3) is 0.0400. The van der Waals surface area contributed by atoms with Crippen LogP contribution < -0.4 is 4.90 Å². The van der Waals surface area contributed by atoms with Crippen molar-refractivity contribution in [2.75, 3.05) is 4.90 Å². The summed E-state index contributed by atoms with van der Waals surface area (Å²) in [5.41, 5.74) is 6.86. The molecule has 30 heavy (non-hydrogen) atoms. The van der Waals surface area contributed by atoms with Gasteiger partial charge in [0.15, 0.2) is 0 Å². The van der Waals surface area contributed by atoms with E-state index in [1.54, 1.807) is 22.7 Å². The molecule has 2 aromatic heterocycles. The maximum absolute atomic E-state index is 4.53. The second kappa shape index (κ2) is 8.22. The molecular weight excluding hydrogens is 406 g/mol. The largest absolute Gasteiger partial charge is 0.310 e. The van der Waals surface area contributed by atoms with Crippen LogP contribution in [0.4, 0.5) is 17.1 Å². The third-order valence-corrected chi connectivity index (χ3v) is 6.64. The number of thiazole rings is 2. The van der Waals surface area contributed by atoms with Crippen molar-refractivity contribution in [1.29, 1.82) is 0 Å². The Bertz CT molecular complexity index is 1250. The van der Waals surface area contributed by atoms with Gasteiger partial charge in [0.25, 0.3) is 0 Å². The number of aromatic nitrogens is 2.